The number of carbonyl (C=O) groups excluding carboxylic acids is 1. The Morgan fingerprint density at radius 1 is 1.57 bits per heavy atom. The third kappa shape index (κ3) is 2.72. The number of halogens is 1. The van der Waals surface area contributed by atoms with Gasteiger partial charge in [0.1, 0.15) is 0 Å². The Morgan fingerprint density at radius 3 is 2.93 bits per heavy atom. The summed E-state index contributed by atoms with van der Waals surface area (Å²) in [4.78, 5) is 11.6. The van der Waals surface area contributed by atoms with E-state index < -0.39 is 0 Å². The van der Waals surface area contributed by atoms with Gasteiger partial charge in [-0.2, -0.15) is 0 Å². The summed E-state index contributed by atoms with van der Waals surface area (Å²) in [5, 5.41) is 3.26. The van der Waals surface area contributed by atoms with Crippen LogP contribution >= 0.6 is 11.6 Å². The van der Waals surface area contributed by atoms with Gasteiger partial charge in [-0.1, -0.05) is 17.7 Å². The Balaban J connectivity index is 2.83. The highest BCUT2D eigenvalue weighted by Crippen LogP contribution is 2.14. The van der Waals surface area contributed by atoms with Crippen molar-refractivity contribution in [2.45, 2.75) is 6.92 Å². The fraction of sp³-hybridized carbons (Fsp3) is 0.300. The zero-order valence-corrected chi connectivity index (χ0v) is 8.77. The minimum Gasteiger partial charge on any atom is -0.351 e. The molecule has 0 saturated heterocycles. The highest BCUT2D eigenvalue weighted by Gasteiger charge is 2.07. The number of nitrogens with two attached hydrogens (primary N) is 1. The molecule has 0 aliphatic carbocycles. The second-order valence-corrected chi connectivity index (χ2v) is 3.44. The molecule has 0 aliphatic rings. The van der Waals surface area contributed by atoms with Gasteiger partial charge in [-0.25, -0.2) is 0 Å². The Morgan fingerprint density at radius 2 is 2.29 bits per heavy atom. The van der Waals surface area contributed by atoms with Gasteiger partial charge in [-0.05, 0) is 24.6 Å². The summed E-state index contributed by atoms with van der Waals surface area (Å²) < 4.78 is 0. The maximum Gasteiger partial charge on any atom is 0.251 e. The largest absolute Gasteiger partial charge is 0.351 e. The first-order valence-corrected chi connectivity index (χ1v) is 4.77. The van der Waals surface area contributed by atoms with E-state index in [1.807, 2.05) is 13.0 Å². The van der Waals surface area contributed by atoms with Crippen LogP contribution in [0.1, 0.15) is 15.9 Å². The SMILES string of the molecule is Cc1ccc(Cl)cc1C(=O)NCCN. The van der Waals surface area contributed by atoms with Crippen molar-refractivity contribution >= 4 is 17.5 Å². The zero-order valence-electron chi connectivity index (χ0n) is 8.01. The standard InChI is InChI=1S/C10H13ClN2O/c1-7-2-3-8(11)6-9(7)10(14)13-5-4-12/h2-3,6H,4-5,12H2,1H3,(H,13,14). The third-order valence-corrected chi connectivity index (χ3v) is 2.11. The minimum atomic E-state index is -0.129. The van der Waals surface area contributed by atoms with Crippen LogP contribution in [0, 0.1) is 6.92 Å². The zero-order chi connectivity index (χ0) is 10.6. The summed E-state index contributed by atoms with van der Waals surface area (Å²) in [7, 11) is 0. The summed E-state index contributed by atoms with van der Waals surface area (Å²) in [6.45, 7) is 2.78. The van der Waals surface area contributed by atoms with Crippen molar-refractivity contribution in [1.82, 2.24) is 5.32 Å². The highest BCUT2D eigenvalue weighted by atomic mass is 35.5. The number of rotatable bonds is 3. The van der Waals surface area contributed by atoms with Crippen LogP contribution in [0.25, 0.3) is 0 Å². The molecule has 0 unspecified atom stereocenters. The maximum absolute atomic E-state index is 11.6. The lowest BCUT2D eigenvalue weighted by atomic mass is 10.1. The molecular weight excluding hydrogens is 200 g/mol. The van der Waals surface area contributed by atoms with Crippen LogP contribution in [0.2, 0.25) is 5.02 Å². The fourth-order valence-corrected chi connectivity index (χ4v) is 1.29. The number of hydrogen-bond acceptors (Lipinski definition) is 2. The Kier molecular flexibility index (Phi) is 3.92. The van der Waals surface area contributed by atoms with Crippen molar-refractivity contribution in [3.63, 3.8) is 0 Å². The molecule has 0 radical (unpaired) electrons. The van der Waals surface area contributed by atoms with Crippen LogP contribution in [-0.4, -0.2) is 19.0 Å². The molecule has 3 nitrogen and oxygen atoms in total. The van der Waals surface area contributed by atoms with Gasteiger partial charge in [0.25, 0.3) is 5.91 Å². The first kappa shape index (κ1) is 11.0. The Hall–Kier alpha value is -1.06. The van der Waals surface area contributed by atoms with E-state index >= 15 is 0 Å². The van der Waals surface area contributed by atoms with E-state index in [1.165, 1.54) is 0 Å². The molecule has 1 aromatic rings. The van der Waals surface area contributed by atoms with Gasteiger partial charge in [-0.3, -0.25) is 4.79 Å². The molecule has 0 atom stereocenters. The molecule has 0 saturated carbocycles. The minimum absolute atomic E-state index is 0.129. The van der Waals surface area contributed by atoms with Crippen molar-refractivity contribution in [2.75, 3.05) is 13.1 Å². The first-order chi connectivity index (χ1) is 6.65. The van der Waals surface area contributed by atoms with Gasteiger partial charge >= 0.3 is 0 Å². The summed E-state index contributed by atoms with van der Waals surface area (Å²) >= 11 is 5.79. The van der Waals surface area contributed by atoms with E-state index in [2.05, 4.69) is 5.32 Å². The summed E-state index contributed by atoms with van der Waals surface area (Å²) in [5.41, 5.74) is 6.79. The molecule has 1 aromatic carbocycles. The summed E-state index contributed by atoms with van der Waals surface area (Å²) in [6.07, 6.45) is 0. The maximum atomic E-state index is 11.6. The summed E-state index contributed by atoms with van der Waals surface area (Å²) in [5.74, 6) is -0.129. The molecule has 3 N–H and O–H groups in total. The average Bonchev–Trinajstić information content (AvgIpc) is 2.18. The predicted molar refractivity (Wildman–Crippen MR) is 57.6 cm³/mol. The Bertz CT molecular complexity index is 339. The molecule has 0 aromatic heterocycles. The van der Waals surface area contributed by atoms with Gasteiger partial charge < -0.3 is 11.1 Å². The molecular formula is C10H13ClN2O. The molecule has 0 aliphatic heterocycles. The Labute approximate surface area is 88.2 Å². The van der Waals surface area contributed by atoms with Crippen LogP contribution in [0.5, 0.6) is 0 Å². The number of amides is 1. The van der Waals surface area contributed by atoms with Crippen molar-refractivity contribution in [2.24, 2.45) is 5.73 Å². The van der Waals surface area contributed by atoms with E-state index in [9.17, 15) is 4.79 Å². The van der Waals surface area contributed by atoms with Gasteiger partial charge in [0, 0.05) is 23.7 Å². The normalized spacial score (nSPS) is 9.93. The molecule has 0 heterocycles. The second kappa shape index (κ2) is 4.98. The average molecular weight is 213 g/mol. The quantitative estimate of drug-likeness (QED) is 0.795. The van der Waals surface area contributed by atoms with Crippen LogP contribution in [0.4, 0.5) is 0 Å². The monoisotopic (exact) mass is 212 g/mol. The van der Waals surface area contributed by atoms with E-state index in [-0.39, 0.29) is 5.91 Å². The van der Waals surface area contributed by atoms with E-state index in [0.29, 0.717) is 23.7 Å². The van der Waals surface area contributed by atoms with Crippen LogP contribution in [-0.2, 0) is 0 Å². The van der Waals surface area contributed by atoms with Crippen molar-refractivity contribution in [3.05, 3.63) is 34.3 Å². The molecule has 0 bridgehead atoms. The lowest BCUT2D eigenvalue weighted by Crippen LogP contribution is -2.29. The van der Waals surface area contributed by atoms with E-state index in [1.54, 1.807) is 12.1 Å². The molecule has 1 amide bonds. The van der Waals surface area contributed by atoms with E-state index in [0.717, 1.165) is 5.56 Å². The molecule has 14 heavy (non-hydrogen) atoms. The number of carbonyl (C=O) groups is 1. The number of benzene rings is 1. The van der Waals surface area contributed by atoms with Crippen molar-refractivity contribution in [3.8, 4) is 0 Å². The second-order valence-electron chi connectivity index (χ2n) is 3.00. The number of hydrogen-bond donors (Lipinski definition) is 2. The predicted octanol–water partition coefficient (Wildman–Crippen LogP) is 1.34. The summed E-state index contributed by atoms with van der Waals surface area (Å²) in [6, 6.07) is 5.24. The van der Waals surface area contributed by atoms with Crippen LogP contribution < -0.4 is 11.1 Å². The lowest BCUT2D eigenvalue weighted by molar-refractivity contribution is 0.0954. The molecule has 76 valence electrons. The van der Waals surface area contributed by atoms with Gasteiger partial charge in [0.05, 0.1) is 0 Å². The number of aryl methyl sites for hydroxylation is 1. The van der Waals surface area contributed by atoms with Crippen LogP contribution in [0.3, 0.4) is 0 Å². The smallest absolute Gasteiger partial charge is 0.251 e. The van der Waals surface area contributed by atoms with E-state index in [4.69, 9.17) is 17.3 Å². The number of nitrogens with one attached hydrogen (secondary N) is 1. The van der Waals surface area contributed by atoms with Crippen LogP contribution in [0.15, 0.2) is 18.2 Å². The van der Waals surface area contributed by atoms with Gasteiger partial charge in [0.2, 0.25) is 0 Å². The molecule has 4 heteroatoms. The van der Waals surface area contributed by atoms with Gasteiger partial charge in [0.15, 0.2) is 0 Å². The fourth-order valence-electron chi connectivity index (χ4n) is 1.12. The van der Waals surface area contributed by atoms with Gasteiger partial charge in [-0.15, -0.1) is 0 Å². The molecule has 1 rings (SSSR count). The van der Waals surface area contributed by atoms with Crippen molar-refractivity contribution < 1.29 is 4.79 Å². The lowest BCUT2D eigenvalue weighted by Gasteiger charge is -2.06. The highest BCUT2D eigenvalue weighted by molar-refractivity contribution is 6.31. The van der Waals surface area contributed by atoms with Crippen molar-refractivity contribution in [1.29, 1.82) is 0 Å². The first-order valence-electron chi connectivity index (χ1n) is 4.39. The topological polar surface area (TPSA) is 55.1 Å². The molecule has 0 fully saturated rings. The molecule has 0 spiro atoms. The third-order valence-electron chi connectivity index (χ3n) is 1.87.